The molecule has 0 aliphatic carbocycles. The summed E-state index contributed by atoms with van der Waals surface area (Å²) >= 11 is 0. The van der Waals surface area contributed by atoms with Crippen LogP contribution in [0.1, 0.15) is 12.5 Å². The molecule has 1 rings (SSSR count). The Balaban J connectivity index is 2.81. The molecule has 5 heteroatoms. The number of phenols is 1. The van der Waals surface area contributed by atoms with E-state index in [0.29, 0.717) is 0 Å². The Hall–Kier alpha value is -1.62. The average Bonchev–Trinajstić information content (AvgIpc) is 2.20. The first-order valence-electron chi connectivity index (χ1n) is 4.86. The zero-order valence-corrected chi connectivity index (χ0v) is 8.81. The molecule has 0 bridgehead atoms. The van der Waals surface area contributed by atoms with Crippen molar-refractivity contribution in [1.82, 2.24) is 0 Å². The molecule has 0 aliphatic heterocycles. The molecule has 0 amide bonds. The van der Waals surface area contributed by atoms with Gasteiger partial charge in [-0.15, -0.1) is 0 Å². The third-order valence-electron chi connectivity index (χ3n) is 2.09. The summed E-state index contributed by atoms with van der Waals surface area (Å²) in [6.07, 6.45) is -1.13. The first kappa shape index (κ1) is 12.4. The van der Waals surface area contributed by atoms with Gasteiger partial charge in [-0.05, 0) is 18.6 Å². The molecule has 0 heterocycles. The summed E-state index contributed by atoms with van der Waals surface area (Å²) in [6.45, 7) is 1.92. The van der Waals surface area contributed by atoms with E-state index in [4.69, 9.17) is 14.9 Å². The van der Waals surface area contributed by atoms with Gasteiger partial charge in [-0.3, -0.25) is 0 Å². The van der Waals surface area contributed by atoms with E-state index in [0.717, 1.165) is 6.07 Å². The minimum Gasteiger partial charge on any atom is -0.508 e. The van der Waals surface area contributed by atoms with Gasteiger partial charge in [-0.1, -0.05) is 6.07 Å². The van der Waals surface area contributed by atoms with Crippen LogP contribution >= 0.6 is 0 Å². The second-order valence-corrected chi connectivity index (χ2v) is 3.26. The zero-order valence-electron chi connectivity index (χ0n) is 8.81. The predicted molar refractivity (Wildman–Crippen MR) is 54.8 cm³/mol. The van der Waals surface area contributed by atoms with E-state index in [2.05, 4.69) is 0 Å². The van der Waals surface area contributed by atoms with Gasteiger partial charge in [0, 0.05) is 19.1 Å². The molecule has 0 saturated carbocycles. The Kier molecular flexibility index (Phi) is 4.25. The van der Waals surface area contributed by atoms with Gasteiger partial charge in [0.1, 0.15) is 11.6 Å². The number of hydrogen-bond donors (Lipinski definition) is 2. The van der Waals surface area contributed by atoms with Gasteiger partial charge in [0.25, 0.3) is 0 Å². The van der Waals surface area contributed by atoms with Crippen molar-refractivity contribution in [3.63, 3.8) is 0 Å². The van der Waals surface area contributed by atoms with Crippen LogP contribution in [0.15, 0.2) is 18.2 Å². The number of benzene rings is 1. The highest BCUT2D eigenvalue weighted by Gasteiger charge is 2.19. The molecule has 2 N–H and O–H groups in total. The largest absolute Gasteiger partial charge is 0.508 e. The van der Waals surface area contributed by atoms with Crippen LogP contribution in [0, 0.1) is 5.82 Å². The van der Waals surface area contributed by atoms with Crippen molar-refractivity contribution in [3.05, 3.63) is 29.6 Å². The van der Waals surface area contributed by atoms with Crippen LogP contribution in [0.4, 0.5) is 4.39 Å². The van der Waals surface area contributed by atoms with Crippen LogP contribution in [-0.4, -0.2) is 28.9 Å². The maximum absolute atomic E-state index is 13.3. The van der Waals surface area contributed by atoms with Gasteiger partial charge in [0.15, 0.2) is 6.10 Å². The molecule has 0 fully saturated rings. The number of carbonyl (C=O) groups is 1. The van der Waals surface area contributed by atoms with Gasteiger partial charge in [-0.2, -0.15) is 0 Å². The monoisotopic (exact) mass is 228 g/mol. The summed E-state index contributed by atoms with van der Waals surface area (Å²) < 4.78 is 18.3. The minimum atomic E-state index is -1.13. The van der Waals surface area contributed by atoms with E-state index in [1.165, 1.54) is 12.1 Å². The molecule has 0 aromatic heterocycles. The van der Waals surface area contributed by atoms with E-state index in [1.54, 1.807) is 6.92 Å². The molecule has 0 saturated heterocycles. The van der Waals surface area contributed by atoms with Crippen molar-refractivity contribution in [3.8, 4) is 5.75 Å². The van der Waals surface area contributed by atoms with Crippen LogP contribution in [0.2, 0.25) is 0 Å². The first-order valence-corrected chi connectivity index (χ1v) is 4.86. The van der Waals surface area contributed by atoms with Crippen molar-refractivity contribution in [2.75, 3.05) is 6.61 Å². The lowest BCUT2D eigenvalue weighted by atomic mass is 10.1. The highest BCUT2D eigenvalue weighted by Crippen LogP contribution is 2.17. The number of carboxylic acids is 1. The van der Waals surface area contributed by atoms with Gasteiger partial charge in [0.05, 0.1) is 0 Å². The molecule has 1 atom stereocenters. The Morgan fingerprint density at radius 2 is 2.25 bits per heavy atom. The van der Waals surface area contributed by atoms with Crippen molar-refractivity contribution < 1.29 is 24.1 Å². The molecule has 4 nitrogen and oxygen atoms in total. The highest BCUT2D eigenvalue weighted by molar-refractivity contribution is 5.72. The lowest BCUT2D eigenvalue weighted by molar-refractivity contribution is -0.149. The number of phenolic OH excluding ortho intramolecular Hbond substituents is 1. The van der Waals surface area contributed by atoms with Gasteiger partial charge >= 0.3 is 5.97 Å². The van der Waals surface area contributed by atoms with E-state index < -0.39 is 17.9 Å². The normalized spacial score (nSPS) is 12.4. The standard InChI is InChI=1S/C11H13FO4/c1-2-16-10(11(14)15)5-7-3-4-8(13)6-9(7)12/h3-4,6,10,13H,2,5H2,1H3,(H,14,15)/t10-/m0/s1. The van der Waals surface area contributed by atoms with E-state index in [9.17, 15) is 9.18 Å². The fraction of sp³-hybridized carbons (Fsp3) is 0.364. The van der Waals surface area contributed by atoms with Crippen molar-refractivity contribution in [2.24, 2.45) is 0 Å². The number of ether oxygens (including phenoxy) is 1. The van der Waals surface area contributed by atoms with Crippen molar-refractivity contribution >= 4 is 5.97 Å². The van der Waals surface area contributed by atoms with Crippen molar-refractivity contribution in [2.45, 2.75) is 19.4 Å². The summed E-state index contributed by atoms with van der Waals surface area (Å²) in [4.78, 5) is 10.8. The van der Waals surface area contributed by atoms with Crippen LogP contribution in [0.5, 0.6) is 5.75 Å². The second kappa shape index (κ2) is 5.46. The first-order chi connectivity index (χ1) is 7.54. The molecule has 0 radical (unpaired) electrons. The summed E-state index contributed by atoms with van der Waals surface area (Å²) in [6, 6.07) is 3.60. The third-order valence-corrected chi connectivity index (χ3v) is 2.09. The van der Waals surface area contributed by atoms with Gasteiger partial charge in [-0.25, -0.2) is 9.18 Å². The van der Waals surface area contributed by atoms with E-state index >= 15 is 0 Å². The lowest BCUT2D eigenvalue weighted by Gasteiger charge is -2.12. The molecule has 1 aromatic rings. The van der Waals surface area contributed by atoms with Gasteiger partial charge < -0.3 is 14.9 Å². The quantitative estimate of drug-likeness (QED) is 0.802. The molecule has 88 valence electrons. The summed E-state index contributed by atoms with van der Waals surface area (Å²) in [5.41, 5.74) is 0.207. The Morgan fingerprint density at radius 1 is 1.56 bits per heavy atom. The van der Waals surface area contributed by atoms with E-state index in [1.807, 2.05) is 0 Å². The SMILES string of the molecule is CCO[C@@H](Cc1ccc(O)cc1F)C(=O)O. The number of halogens is 1. The number of aliphatic carboxylic acids is 1. The number of hydrogen-bond acceptors (Lipinski definition) is 3. The number of carboxylic acid groups (broad SMARTS) is 1. The second-order valence-electron chi connectivity index (χ2n) is 3.26. The van der Waals surface area contributed by atoms with Crippen LogP contribution < -0.4 is 0 Å². The summed E-state index contributed by atoms with van der Waals surface area (Å²) in [5.74, 6) is -1.95. The summed E-state index contributed by atoms with van der Waals surface area (Å²) in [5, 5.41) is 17.8. The number of aromatic hydroxyl groups is 1. The lowest BCUT2D eigenvalue weighted by Crippen LogP contribution is -2.26. The molecule has 16 heavy (non-hydrogen) atoms. The minimum absolute atomic E-state index is 0.0602. The average molecular weight is 228 g/mol. The Labute approximate surface area is 92.3 Å². The fourth-order valence-electron chi connectivity index (χ4n) is 1.32. The molecule has 0 aliphatic rings. The number of rotatable bonds is 5. The molecule has 1 aromatic carbocycles. The Morgan fingerprint density at radius 3 is 2.75 bits per heavy atom. The van der Waals surface area contributed by atoms with Crippen molar-refractivity contribution in [1.29, 1.82) is 0 Å². The molecular weight excluding hydrogens is 215 g/mol. The molecular formula is C11H13FO4. The van der Waals surface area contributed by atoms with Crippen LogP contribution in [0.3, 0.4) is 0 Å². The zero-order chi connectivity index (χ0) is 12.1. The predicted octanol–water partition coefficient (Wildman–Crippen LogP) is 1.56. The summed E-state index contributed by atoms with van der Waals surface area (Å²) in [7, 11) is 0. The van der Waals surface area contributed by atoms with Crippen LogP contribution in [-0.2, 0) is 16.0 Å². The van der Waals surface area contributed by atoms with Crippen LogP contribution in [0.25, 0.3) is 0 Å². The van der Waals surface area contributed by atoms with Gasteiger partial charge in [0.2, 0.25) is 0 Å². The van der Waals surface area contributed by atoms with E-state index in [-0.39, 0.29) is 24.3 Å². The smallest absolute Gasteiger partial charge is 0.333 e. The molecule has 0 spiro atoms. The topological polar surface area (TPSA) is 66.8 Å². The fourth-order valence-corrected chi connectivity index (χ4v) is 1.32. The molecule has 0 unspecified atom stereocenters. The third kappa shape index (κ3) is 3.20. The maximum Gasteiger partial charge on any atom is 0.333 e. The maximum atomic E-state index is 13.3. The highest BCUT2D eigenvalue weighted by atomic mass is 19.1. The Bertz CT molecular complexity index is 378.